The summed E-state index contributed by atoms with van der Waals surface area (Å²) >= 11 is 0. The first-order valence-electron chi connectivity index (χ1n) is 8.89. The Morgan fingerprint density at radius 1 is 1.27 bits per heavy atom. The van der Waals surface area contributed by atoms with Gasteiger partial charge in [-0.1, -0.05) is 19.1 Å². The Kier molecular flexibility index (Phi) is 7.06. The lowest BCUT2D eigenvalue weighted by atomic mass is 9.79. The van der Waals surface area contributed by atoms with Crippen LogP contribution in [0.5, 0.6) is 0 Å². The van der Waals surface area contributed by atoms with Gasteiger partial charge in [0.25, 0.3) is 0 Å². The lowest BCUT2D eigenvalue weighted by Crippen LogP contribution is -2.48. The first-order valence-corrected chi connectivity index (χ1v) is 8.89. The Morgan fingerprint density at radius 3 is 2.42 bits per heavy atom. The number of carbonyl (C=O) groups excluding carboxylic acids is 1. The van der Waals surface area contributed by atoms with Crippen LogP contribution in [0.15, 0.2) is 24.3 Å². The molecule has 2 rings (SSSR count). The maximum atomic E-state index is 12.6. The number of amides is 1. The Balaban J connectivity index is 1.88. The van der Waals surface area contributed by atoms with Gasteiger partial charge in [0.05, 0.1) is 12.2 Å². The van der Waals surface area contributed by atoms with Crippen molar-refractivity contribution < 1.29 is 22.7 Å². The molecular weight excluding hydrogens is 345 g/mol. The molecule has 1 atom stereocenters. The second kappa shape index (κ2) is 8.86. The van der Waals surface area contributed by atoms with Gasteiger partial charge in [-0.2, -0.15) is 13.2 Å². The van der Waals surface area contributed by atoms with Gasteiger partial charge in [-0.05, 0) is 50.0 Å². The molecule has 0 aliphatic carbocycles. The zero-order valence-corrected chi connectivity index (χ0v) is 15.3. The van der Waals surface area contributed by atoms with E-state index in [9.17, 15) is 18.0 Å². The molecule has 26 heavy (non-hydrogen) atoms. The molecule has 0 bridgehead atoms. The predicted molar refractivity (Wildman–Crippen MR) is 93.7 cm³/mol. The molecule has 1 aromatic rings. The van der Waals surface area contributed by atoms with Crippen LogP contribution in [0.3, 0.4) is 0 Å². The molecule has 0 radical (unpaired) electrons. The van der Waals surface area contributed by atoms with Crippen LogP contribution in [0, 0.1) is 11.3 Å². The Morgan fingerprint density at radius 2 is 1.88 bits per heavy atom. The molecule has 1 aromatic carbocycles. The highest BCUT2D eigenvalue weighted by molar-refractivity contribution is 5.78. The molecule has 1 amide bonds. The van der Waals surface area contributed by atoms with Crippen LogP contribution in [0.4, 0.5) is 13.2 Å². The van der Waals surface area contributed by atoms with Crippen LogP contribution in [-0.2, 0) is 22.1 Å². The van der Waals surface area contributed by atoms with E-state index >= 15 is 0 Å². The molecule has 1 heterocycles. The zero-order valence-electron chi connectivity index (χ0n) is 15.3. The fourth-order valence-electron chi connectivity index (χ4n) is 3.36. The first-order chi connectivity index (χ1) is 12.3. The van der Waals surface area contributed by atoms with E-state index in [0.717, 1.165) is 38.1 Å². The fourth-order valence-corrected chi connectivity index (χ4v) is 3.36. The van der Waals surface area contributed by atoms with Gasteiger partial charge in [-0.25, -0.2) is 0 Å². The molecule has 1 unspecified atom stereocenters. The van der Waals surface area contributed by atoms with Gasteiger partial charge >= 0.3 is 6.18 Å². The number of hydrogen-bond acceptors (Lipinski definition) is 3. The molecule has 1 aliphatic heterocycles. The third-order valence-corrected chi connectivity index (χ3v) is 5.02. The van der Waals surface area contributed by atoms with Crippen LogP contribution in [0.1, 0.15) is 30.9 Å². The number of nitrogens with one attached hydrogen (secondary N) is 2. The predicted octanol–water partition coefficient (Wildman–Crippen LogP) is 3.02. The number of hydrogen-bond donors (Lipinski definition) is 2. The SMILES string of the molecule is COCC1(CNC(=O)C(C)Cc2ccc(C(F)(F)F)cc2)CCNCC1. The van der Waals surface area contributed by atoms with Crippen LogP contribution >= 0.6 is 0 Å². The third kappa shape index (κ3) is 5.71. The summed E-state index contributed by atoms with van der Waals surface area (Å²) in [5, 5.41) is 6.31. The van der Waals surface area contributed by atoms with Crippen LogP contribution in [0.25, 0.3) is 0 Å². The number of piperidine rings is 1. The number of rotatable bonds is 7. The summed E-state index contributed by atoms with van der Waals surface area (Å²) in [5.74, 6) is -0.396. The number of alkyl halides is 3. The topological polar surface area (TPSA) is 50.4 Å². The Labute approximate surface area is 152 Å². The van der Waals surface area contributed by atoms with Gasteiger partial charge in [0.1, 0.15) is 0 Å². The quantitative estimate of drug-likeness (QED) is 0.774. The van der Waals surface area contributed by atoms with Crippen molar-refractivity contribution in [1.82, 2.24) is 10.6 Å². The van der Waals surface area contributed by atoms with Crippen LogP contribution < -0.4 is 10.6 Å². The highest BCUT2D eigenvalue weighted by Gasteiger charge is 2.33. The second-order valence-corrected chi connectivity index (χ2v) is 7.20. The van der Waals surface area contributed by atoms with E-state index in [-0.39, 0.29) is 17.2 Å². The number of methoxy groups -OCH3 is 1. The van der Waals surface area contributed by atoms with Crippen molar-refractivity contribution in [2.75, 3.05) is 33.4 Å². The van der Waals surface area contributed by atoms with Crippen molar-refractivity contribution in [2.24, 2.45) is 11.3 Å². The van der Waals surface area contributed by atoms with Crippen molar-refractivity contribution in [2.45, 2.75) is 32.4 Å². The normalized spacial score (nSPS) is 18.3. The maximum absolute atomic E-state index is 12.6. The summed E-state index contributed by atoms with van der Waals surface area (Å²) in [5.41, 5.74) is -0.0103. The van der Waals surface area contributed by atoms with Crippen molar-refractivity contribution in [3.8, 4) is 0 Å². The largest absolute Gasteiger partial charge is 0.416 e. The monoisotopic (exact) mass is 372 g/mol. The standard InChI is InChI=1S/C19H27F3N2O2/c1-14(11-15-3-5-16(6-4-15)19(20,21)22)17(25)24-12-18(13-26-2)7-9-23-10-8-18/h3-6,14,23H,7-13H2,1-2H3,(H,24,25). The maximum Gasteiger partial charge on any atom is 0.416 e. The van der Waals surface area contributed by atoms with Gasteiger partial charge in [0, 0.05) is 25.0 Å². The number of carbonyl (C=O) groups is 1. The van der Waals surface area contributed by atoms with Crippen molar-refractivity contribution in [3.05, 3.63) is 35.4 Å². The van der Waals surface area contributed by atoms with Crippen molar-refractivity contribution >= 4 is 5.91 Å². The third-order valence-electron chi connectivity index (χ3n) is 5.02. The fraction of sp³-hybridized carbons (Fsp3) is 0.632. The number of ether oxygens (including phenoxy) is 1. The van der Waals surface area contributed by atoms with Crippen LogP contribution in [-0.4, -0.2) is 39.3 Å². The number of halogens is 3. The second-order valence-electron chi connectivity index (χ2n) is 7.20. The van der Waals surface area contributed by atoms with Gasteiger partial charge in [-0.15, -0.1) is 0 Å². The summed E-state index contributed by atoms with van der Waals surface area (Å²) < 4.78 is 43.2. The highest BCUT2D eigenvalue weighted by Crippen LogP contribution is 2.30. The smallest absolute Gasteiger partial charge is 0.384 e. The average Bonchev–Trinajstić information content (AvgIpc) is 2.60. The lowest BCUT2D eigenvalue weighted by Gasteiger charge is -2.37. The molecule has 0 aromatic heterocycles. The highest BCUT2D eigenvalue weighted by atomic mass is 19.4. The minimum Gasteiger partial charge on any atom is -0.384 e. The summed E-state index contributed by atoms with van der Waals surface area (Å²) in [6.45, 7) is 4.75. The molecule has 7 heteroatoms. The van der Waals surface area contributed by atoms with E-state index in [1.807, 2.05) is 0 Å². The molecule has 146 valence electrons. The van der Waals surface area contributed by atoms with Gasteiger partial charge in [-0.3, -0.25) is 4.79 Å². The minimum absolute atomic E-state index is 0.0518. The van der Waals surface area contributed by atoms with E-state index < -0.39 is 11.7 Å². The summed E-state index contributed by atoms with van der Waals surface area (Å²) in [4.78, 5) is 12.4. The average molecular weight is 372 g/mol. The zero-order chi connectivity index (χ0) is 19.2. The van der Waals surface area contributed by atoms with E-state index in [4.69, 9.17) is 4.74 Å². The summed E-state index contributed by atoms with van der Waals surface area (Å²) in [6.07, 6.45) is -2.06. The molecule has 4 nitrogen and oxygen atoms in total. The van der Waals surface area contributed by atoms with E-state index in [0.29, 0.717) is 25.1 Å². The van der Waals surface area contributed by atoms with Gasteiger partial charge < -0.3 is 15.4 Å². The van der Waals surface area contributed by atoms with E-state index in [1.54, 1.807) is 14.0 Å². The molecule has 1 fully saturated rings. The molecule has 0 saturated carbocycles. The molecular formula is C19H27F3N2O2. The Bertz CT molecular complexity index is 576. The van der Waals surface area contributed by atoms with Crippen molar-refractivity contribution in [3.63, 3.8) is 0 Å². The number of benzene rings is 1. The van der Waals surface area contributed by atoms with Gasteiger partial charge in [0.2, 0.25) is 5.91 Å². The minimum atomic E-state index is -4.34. The van der Waals surface area contributed by atoms with Crippen LogP contribution in [0.2, 0.25) is 0 Å². The summed E-state index contributed by atoms with van der Waals surface area (Å²) in [7, 11) is 1.67. The first kappa shape index (κ1) is 20.7. The van der Waals surface area contributed by atoms with Crippen molar-refractivity contribution in [1.29, 1.82) is 0 Å². The lowest BCUT2D eigenvalue weighted by molar-refractivity contribution is -0.137. The molecule has 2 N–H and O–H groups in total. The summed E-state index contributed by atoms with van der Waals surface area (Å²) in [6, 6.07) is 4.99. The Hall–Kier alpha value is -1.60. The molecule has 1 saturated heterocycles. The molecule has 0 spiro atoms. The van der Waals surface area contributed by atoms with Gasteiger partial charge in [0.15, 0.2) is 0 Å². The molecule has 1 aliphatic rings. The van der Waals surface area contributed by atoms with E-state index in [2.05, 4.69) is 10.6 Å². The van der Waals surface area contributed by atoms with E-state index in [1.165, 1.54) is 12.1 Å².